The number of fused-ring (bicyclic) bond motifs is 3. The van der Waals surface area contributed by atoms with Crippen LogP contribution in [0.3, 0.4) is 0 Å². The van der Waals surface area contributed by atoms with Gasteiger partial charge in [0, 0.05) is 18.4 Å². The lowest BCUT2D eigenvalue weighted by Gasteiger charge is -2.29. The number of nitrogens with zero attached hydrogens (tertiary/aromatic N) is 1. The molecule has 0 radical (unpaired) electrons. The average molecular weight is 428 g/mol. The van der Waals surface area contributed by atoms with Gasteiger partial charge in [-0.3, -0.25) is 4.90 Å². The van der Waals surface area contributed by atoms with Crippen LogP contribution in [-0.4, -0.2) is 40.8 Å². The molecule has 3 aromatic carbocycles. The predicted octanol–water partition coefficient (Wildman–Crippen LogP) is 5.10. The molecular formula is C27H25NO4. The van der Waals surface area contributed by atoms with Crippen LogP contribution in [0.25, 0.3) is 11.1 Å². The summed E-state index contributed by atoms with van der Waals surface area (Å²) in [6.07, 6.45) is 1.33. The van der Waals surface area contributed by atoms with Crippen LogP contribution in [0.2, 0.25) is 0 Å². The molecule has 5 nitrogen and oxygen atoms in total. The van der Waals surface area contributed by atoms with Crippen LogP contribution in [-0.2, 0) is 16.0 Å². The molecule has 0 unspecified atom stereocenters. The van der Waals surface area contributed by atoms with Gasteiger partial charge in [0.15, 0.2) is 0 Å². The SMILES string of the molecule is O=C(O)[C@@H](Cc1ccccc1)N(C(=O)OCC1c2ccccc2-c2ccccc21)C1CC1. The van der Waals surface area contributed by atoms with Crippen molar-refractivity contribution in [2.75, 3.05) is 6.61 Å². The number of hydrogen-bond donors (Lipinski definition) is 1. The van der Waals surface area contributed by atoms with Gasteiger partial charge in [-0.25, -0.2) is 9.59 Å². The number of amides is 1. The zero-order valence-electron chi connectivity index (χ0n) is 17.7. The van der Waals surface area contributed by atoms with Crippen molar-refractivity contribution in [3.8, 4) is 11.1 Å². The third kappa shape index (κ3) is 3.86. The van der Waals surface area contributed by atoms with Crippen molar-refractivity contribution >= 4 is 12.1 Å². The summed E-state index contributed by atoms with van der Waals surface area (Å²) in [4.78, 5) is 26.7. The fourth-order valence-electron chi connectivity index (χ4n) is 4.69. The summed E-state index contributed by atoms with van der Waals surface area (Å²) in [5, 5.41) is 9.92. The molecule has 1 fully saturated rings. The van der Waals surface area contributed by atoms with E-state index in [2.05, 4.69) is 24.3 Å². The van der Waals surface area contributed by atoms with Gasteiger partial charge in [-0.15, -0.1) is 0 Å². The van der Waals surface area contributed by atoms with Crippen molar-refractivity contribution in [2.45, 2.75) is 37.3 Å². The maximum atomic E-state index is 13.2. The quantitative estimate of drug-likeness (QED) is 0.570. The zero-order valence-corrected chi connectivity index (χ0v) is 17.7. The Kier molecular flexibility index (Phi) is 5.39. The van der Waals surface area contributed by atoms with Crippen LogP contribution in [0, 0.1) is 0 Å². The summed E-state index contributed by atoms with van der Waals surface area (Å²) >= 11 is 0. The lowest BCUT2D eigenvalue weighted by molar-refractivity contribution is -0.143. The van der Waals surface area contributed by atoms with Gasteiger partial charge in [-0.05, 0) is 40.7 Å². The maximum Gasteiger partial charge on any atom is 0.410 e. The number of aliphatic carboxylic acids is 1. The van der Waals surface area contributed by atoms with Gasteiger partial charge in [0.1, 0.15) is 12.6 Å². The van der Waals surface area contributed by atoms with Crippen LogP contribution in [0.15, 0.2) is 78.9 Å². The molecule has 2 aliphatic rings. The second kappa shape index (κ2) is 8.50. The first-order chi connectivity index (χ1) is 15.6. The van der Waals surface area contributed by atoms with E-state index in [0.717, 1.165) is 40.7 Å². The molecule has 0 aliphatic heterocycles. The molecule has 5 rings (SSSR count). The van der Waals surface area contributed by atoms with Gasteiger partial charge >= 0.3 is 12.1 Å². The van der Waals surface area contributed by atoms with Gasteiger partial charge in [-0.2, -0.15) is 0 Å². The second-order valence-corrected chi connectivity index (χ2v) is 8.49. The first-order valence-electron chi connectivity index (χ1n) is 11.0. The Hall–Kier alpha value is -3.60. The topological polar surface area (TPSA) is 66.8 Å². The van der Waals surface area contributed by atoms with Crippen LogP contribution in [0.1, 0.15) is 35.4 Å². The fourth-order valence-corrected chi connectivity index (χ4v) is 4.69. The number of rotatable bonds is 7. The molecule has 1 N–H and O–H groups in total. The number of carbonyl (C=O) groups is 2. The summed E-state index contributed by atoms with van der Waals surface area (Å²) in [6.45, 7) is 0.188. The van der Waals surface area contributed by atoms with Gasteiger partial charge in [0.05, 0.1) is 0 Å². The minimum Gasteiger partial charge on any atom is -0.480 e. The minimum atomic E-state index is -1.01. The standard InChI is InChI=1S/C27H25NO4/c29-26(30)25(16-18-8-2-1-3-9-18)28(19-14-15-19)27(31)32-17-24-22-12-6-4-10-20(22)21-11-5-7-13-23(21)24/h1-13,19,24-25H,14-17H2,(H,29,30)/t25-/m1/s1. The summed E-state index contributed by atoms with van der Waals surface area (Å²) in [7, 11) is 0. The molecule has 2 aliphatic carbocycles. The highest BCUT2D eigenvalue weighted by molar-refractivity contribution is 5.82. The molecule has 3 aromatic rings. The van der Waals surface area contributed by atoms with Crippen molar-refractivity contribution in [3.05, 3.63) is 95.6 Å². The predicted molar refractivity (Wildman–Crippen MR) is 121 cm³/mol. The van der Waals surface area contributed by atoms with E-state index < -0.39 is 18.1 Å². The lowest BCUT2D eigenvalue weighted by atomic mass is 9.98. The first-order valence-corrected chi connectivity index (χ1v) is 11.0. The Bertz CT molecular complexity index is 1090. The van der Waals surface area contributed by atoms with Crippen molar-refractivity contribution < 1.29 is 19.4 Å². The summed E-state index contributed by atoms with van der Waals surface area (Å²) in [5.41, 5.74) is 5.49. The molecule has 1 saturated carbocycles. The highest BCUT2D eigenvalue weighted by Crippen LogP contribution is 2.44. The van der Waals surface area contributed by atoms with Crippen LogP contribution < -0.4 is 0 Å². The molecule has 32 heavy (non-hydrogen) atoms. The number of carboxylic acid groups (broad SMARTS) is 1. The number of ether oxygens (including phenoxy) is 1. The molecule has 0 saturated heterocycles. The third-order valence-corrected chi connectivity index (χ3v) is 6.38. The van der Waals surface area contributed by atoms with E-state index in [4.69, 9.17) is 4.74 Å². The first kappa shape index (κ1) is 20.3. The van der Waals surface area contributed by atoms with E-state index in [0.29, 0.717) is 0 Å². The molecule has 0 bridgehead atoms. The van der Waals surface area contributed by atoms with Crippen molar-refractivity contribution in [2.24, 2.45) is 0 Å². The van der Waals surface area contributed by atoms with Gasteiger partial charge in [0.2, 0.25) is 0 Å². The third-order valence-electron chi connectivity index (χ3n) is 6.38. The number of hydrogen-bond acceptors (Lipinski definition) is 3. The van der Waals surface area contributed by atoms with E-state index >= 15 is 0 Å². The summed E-state index contributed by atoms with van der Waals surface area (Å²) in [6, 6.07) is 24.7. The van der Waals surface area contributed by atoms with Gasteiger partial charge in [0.25, 0.3) is 0 Å². The number of carboxylic acids is 1. The fraction of sp³-hybridized carbons (Fsp3) is 0.259. The monoisotopic (exact) mass is 427 g/mol. The molecule has 0 spiro atoms. The summed E-state index contributed by atoms with van der Waals surface area (Å²) < 4.78 is 5.80. The van der Waals surface area contributed by atoms with E-state index in [-0.39, 0.29) is 25.0 Å². The Balaban J connectivity index is 1.36. The molecule has 1 atom stereocenters. The molecule has 5 heteroatoms. The van der Waals surface area contributed by atoms with E-state index in [1.807, 2.05) is 54.6 Å². The second-order valence-electron chi connectivity index (χ2n) is 8.49. The Labute approximate surface area is 187 Å². The molecule has 162 valence electrons. The number of carbonyl (C=O) groups excluding carboxylic acids is 1. The van der Waals surface area contributed by atoms with E-state index in [1.54, 1.807) is 0 Å². The normalized spacial score (nSPS) is 15.5. The lowest BCUT2D eigenvalue weighted by Crippen LogP contribution is -2.48. The number of benzene rings is 3. The van der Waals surface area contributed by atoms with E-state index in [9.17, 15) is 14.7 Å². The maximum absolute atomic E-state index is 13.2. The summed E-state index contributed by atoms with van der Waals surface area (Å²) in [5.74, 6) is -1.06. The van der Waals surface area contributed by atoms with Crippen molar-refractivity contribution in [1.82, 2.24) is 4.90 Å². The average Bonchev–Trinajstić information content (AvgIpc) is 3.60. The highest BCUT2D eigenvalue weighted by Gasteiger charge is 2.42. The molecule has 0 aromatic heterocycles. The van der Waals surface area contributed by atoms with Gasteiger partial charge < -0.3 is 9.84 Å². The zero-order chi connectivity index (χ0) is 22.1. The molecular weight excluding hydrogens is 402 g/mol. The highest BCUT2D eigenvalue weighted by atomic mass is 16.6. The van der Waals surface area contributed by atoms with Crippen molar-refractivity contribution in [3.63, 3.8) is 0 Å². The van der Waals surface area contributed by atoms with Crippen LogP contribution >= 0.6 is 0 Å². The smallest absolute Gasteiger partial charge is 0.410 e. The van der Waals surface area contributed by atoms with Gasteiger partial charge in [-0.1, -0.05) is 78.9 Å². The van der Waals surface area contributed by atoms with Crippen LogP contribution in [0.4, 0.5) is 4.79 Å². The largest absolute Gasteiger partial charge is 0.480 e. The Morgan fingerprint density at radius 3 is 2.00 bits per heavy atom. The molecule has 0 heterocycles. The molecule has 1 amide bonds. The van der Waals surface area contributed by atoms with Crippen molar-refractivity contribution in [1.29, 1.82) is 0 Å². The van der Waals surface area contributed by atoms with Crippen LogP contribution in [0.5, 0.6) is 0 Å². The Morgan fingerprint density at radius 1 is 0.875 bits per heavy atom. The van der Waals surface area contributed by atoms with E-state index in [1.165, 1.54) is 4.90 Å². The minimum absolute atomic E-state index is 0.0511. The Morgan fingerprint density at radius 2 is 1.44 bits per heavy atom.